The Bertz CT molecular complexity index is 453. The highest BCUT2D eigenvalue weighted by molar-refractivity contribution is 7.10. The highest BCUT2D eigenvalue weighted by Gasteiger charge is 2.25. The quantitative estimate of drug-likeness (QED) is 0.790. The smallest absolute Gasteiger partial charge is 0.326 e. The average molecular weight is 267 g/mol. The fourth-order valence-corrected chi connectivity index (χ4v) is 2.96. The number of esters is 1. The molecule has 0 bridgehead atoms. The topological polar surface area (TPSA) is 46.6 Å². The lowest BCUT2D eigenvalue weighted by Gasteiger charge is -2.20. The third kappa shape index (κ3) is 2.90. The molecule has 0 unspecified atom stereocenters. The van der Waals surface area contributed by atoms with Gasteiger partial charge >= 0.3 is 5.97 Å². The molecule has 0 aliphatic carbocycles. The zero-order chi connectivity index (χ0) is 13.1. The molecule has 18 heavy (non-hydrogen) atoms. The Morgan fingerprint density at radius 2 is 2.28 bits per heavy atom. The minimum absolute atomic E-state index is 0.00727. The number of carbonyl (C=O) groups is 2. The van der Waals surface area contributed by atoms with Crippen LogP contribution in [0.25, 0.3) is 0 Å². The Balaban J connectivity index is 2.15. The van der Waals surface area contributed by atoms with Crippen LogP contribution in [-0.4, -0.2) is 24.5 Å². The Morgan fingerprint density at radius 1 is 1.50 bits per heavy atom. The number of fused-ring (bicyclic) bond motifs is 1. The molecule has 98 valence electrons. The maximum absolute atomic E-state index is 12.0. The van der Waals surface area contributed by atoms with Gasteiger partial charge in [0, 0.05) is 11.3 Å². The summed E-state index contributed by atoms with van der Waals surface area (Å²) in [6.45, 7) is 3.62. The van der Waals surface area contributed by atoms with E-state index in [9.17, 15) is 9.59 Å². The number of rotatable bonds is 3. The van der Waals surface area contributed by atoms with E-state index in [0.29, 0.717) is 6.42 Å². The number of carbonyl (C=O) groups excluding carboxylic acids is 2. The van der Waals surface area contributed by atoms with Crippen LogP contribution in [0.5, 0.6) is 0 Å². The highest BCUT2D eigenvalue weighted by Crippen LogP contribution is 2.31. The molecule has 0 saturated heterocycles. The highest BCUT2D eigenvalue weighted by atomic mass is 32.1. The van der Waals surface area contributed by atoms with Crippen molar-refractivity contribution in [1.29, 1.82) is 0 Å². The Kier molecular flexibility index (Phi) is 4.01. The van der Waals surface area contributed by atoms with Crippen molar-refractivity contribution in [3.63, 3.8) is 0 Å². The number of nitrogens with zero attached hydrogens (tertiary/aromatic N) is 1. The van der Waals surface area contributed by atoms with Crippen molar-refractivity contribution in [2.24, 2.45) is 0 Å². The zero-order valence-corrected chi connectivity index (χ0v) is 11.5. The molecule has 0 fully saturated rings. The molecular weight excluding hydrogens is 250 g/mol. The van der Waals surface area contributed by atoms with Crippen LogP contribution < -0.4 is 4.90 Å². The molecular formula is C13H17NO3S. The van der Waals surface area contributed by atoms with Gasteiger partial charge < -0.3 is 9.64 Å². The molecule has 2 heterocycles. The van der Waals surface area contributed by atoms with E-state index >= 15 is 0 Å². The Hall–Kier alpha value is -1.36. The molecule has 4 nitrogen and oxygen atoms in total. The van der Waals surface area contributed by atoms with Gasteiger partial charge in [0.05, 0.1) is 11.8 Å². The molecule has 0 N–H and O–H groups in total. The lowest BCUT2D eigenvalue weighted by Crippen LogP contribution is -2.36. The van der Waals surface area contributed by atoms with Crippen LogP contribution in [0.4, 0.5) is 5.69 Å². The summed E-state index contributed by atoms with van der Waals surface area (Å²) >= 11 is 1.64. The molecule has 0 atom stereocenters. The van der Waals surface area contributed by atoms with Crippen molar-refractivity contribution < 1.29 is 14.3 Å². The van der Waals surface area contributed by atoms with Crippen molar-refractivity contribution in [1.82, 2.24) is 0 Å². The van der Waals surface area contributed by atoms with Crippen molar-refractivity contribution >= 4 is 28.9 Å². The maximum Gasteiger partial charge on any atom is 0.326 e. The fourth-order valence-electron chi connectivity index (χ4n) is 2.03. The van der Waals surface area contributed by atoms with Gasteiger partial charge in [-0.2, -0.15) is 0 Å². The zero-order valence-electron chi connectivity index (χ0n) is 10.6. The first kappa shape index (κ1) is 13.1. The van der Waals surface area contributed by atoms with Crippen LogP contribution in [-0.2, 0) is 20.7 Å². The number of anilines is 1. The fraction of sp³-hybridized carbons (Fsp3) is 0.538. The van der Waals surface area contributed by atoms with E-state index in [4.69, 9.17) is 4.74 Å². The first-order chi connectivity index (χ1) is 8.58. The van der Waals surface area contributed by atoms with Gasteiger partial charge in [-0.3, -0.25) is 9.59 Å². The van der Waals surface area contributed by atoms with Gasteiger partial charge in [0.25, 0.3) is 0 Å². The monoisotopic (exact) mass is 267 g/mol. The van der Waals surface area contributed by atoms with Crippen LogP contribution in [0, 0.1) is 0 Å². The molecule has 1 aliphatic heterocycles. The predicted molar refractivity (Wildman–Crippen MR) is 70.8 cm³/mol. The molecule has 1 amide bonds. The Morgan fingerprint density at radius 3 is 3.00 bits per heavy atom. The van der Waals surface area contributed by atoms with Crippen LogP contribution >= 0.6 is 11.3 Å². The van der Waals surface area contributed by atoms with Crippen molar-refractivity contribution in [3.05, 3.63) is 16.3 Å². The molecule has 0 radical (unpaired) electrons. The average Bonchev–Trinajstić information content (AvgIpc) is 2.67. The minimum atomic E-state index is -0.350. The third-order valence-corrected chi connectivity index (χ3v) is 3.73. The summed E-state index contributed by atoms with van der Waals surface area (Å²) in [6, 6.07) is 1.91. The molecule has 0 saturated carbocycles. The second-order valence-electron chi connectivity index (χ2n) is 4.60. The summed E-state index contributed by atoms with van der Waals surface area (Å²) in [5.41, 5.74) is 0.878. The lowest BCUT2D eigenvalue weighted by molar-refractivity contribution is -0.146. The summed E-state index contributed by atoms with van der Waals surface area (Å²) in [7, 11) is 0. The van der Waals surface area contributed by atoms with Gasteiger partial charge in [0.1, 0.15) is 6.54 Å². The number of hydrogen-bond acceptors (Lipinski definition) is 4. The largest absolute Gasteiger partial charge is 0.462 e. The summed E-state index contributed by atoms with van der Waals surface area (Å²) in [6.07, 6.45) is 2.11. The molecule has 0 spiro atoms. The number of amides is 1. The summed E-state index contributed by atoms with van der Waals surface area (Å²) in [4.78, 5) is 26.5. The summed E-state index contributed by atoms with van der Waals surface area (Å²) in [5, 5.41) is 1.96. The van der Waals surface area contributed by atoms with E-state index < -0.39 is 0 Å². The number of ether oxygens (including phenoxy) is 1. The molecule has 2 rings (SSSR count). The third-order valence-electron chi connectivity index (χ3n) is 2.76. The number of aryl methyl sites for hydroxylation is 1. The van der Waals surface area contributed by atoms with Gasteiger partial charge in [-0.1, -0.05) is 0 Å². The van der Waals surface area contributed by atoms with Crippen molar-refractivity contribution in [3.8, 4) is 0 Å². The summed E-state index contributed by atoms with van der Waals surface area (Å²) < 4.78 is 5.10. The van der Waals surface area contributed by atoms with Crippen LogP contribution in [0.3, 0.4) is 0 Å². The second-order valence-corrected chi connectivity index (χ2v) is 5.60. The van der Waals surface area contributed by atoms with Crippen LogP contribution in [0.15, 0.2) is 11.4 Å². The lowest BCUT2D eigenvalue weighted by atomic mass is 10.2. The minimum Gasteiger partial charge on any atom is -0.462 e. The molecule has 0 aromatic carbocycles. The summed E-state index contributed by atoms with van der Waals surface area (Å²) in [5.74, 6) is -0.342. The number of thiophene rings is 1. The van der Waals surface area contributed by atoms with Gasteiger partial charge in [-0.15, -0.1) is 11.3 Å². The first-order valence-electron chi connectivity index (χ1n) is 6.14. The van der Waals surface area contributed by atoms with E-state index in [0.717, 1.165) is 18.5 Å². The van der Waals surface area contributed by atoms with Crippen molar-refractivity contribution in [2.45, 2.75) is 39.2 Å². The van der Waals surface area contributed by atoms with Crippen molar-refractivity contribution in [2.75, 3.05) is 11.4 Å². The predicted octanol–water partition coefficient (Wildman–Crippen LogP) is 2.37. The van der Waals surface area contributed by atoms with E-state index in [1.165, 1.54) is 4.88 Å². The SMILES string of the molecule is CC(C)OC(=O)CN1C(=O)CCCc2sccc21. The standard InChI is InChI=1S/C13H17NO3S/c1-9(2)17-13(16)8-14-10-6-7-18-11(10)4-3-5-12(14)15/h6-7,9H,3-5,8H2,1-2H3. The van der Waals surface area contributed by atoms with E-state index in [1.54, 1.807) is 30.1 Å². The Labute approximate surface area is 111 Å². The second kappa shape index (κ2) is 5.52. The van der Waals surface area contributed by atoms with E-state index in [-0.39, 0.29) is 24.5 Å². The molecule has 1 aromatic rings. The van der Waals surface area contributed by atoms with Crippen LogP contribution in [0.2, 0.25) is 0 Å². The molecule has 5 heteroatoms. The maximum atomic E-state index is 12.0. The molecule has 1 aliphatic rings. The normalized spacial score (nSPS) is 15.5. The van der Waals surface area contributed by atoms with Gasteiger partial charge in [0.15, 0.2) is 0 Å². The van der Waals surface area contributed by atoms with Gasteiger partial charge in [-0.25, -0.2) is 0 Å². The van der Waals surface area contributed by atoms with E-state index in [2.05, 4.69) is 0 Å². The van der Waals surface area contributed by atoms with E-state index in [1.807, 2.05) is 11.4 Å². The molecule has 1 aromatic heterocycles. The van der Waals surface area contributed by atoms with Gasteiger partial charge in [-0.05, 0) is 38.1 Å². The first-order valence-corrected chi connectivity index (χ1v) is 7.02. The number of hydrogen-bond donors (Lipinski definition) is 0. The van der Waals surface area contributed by atoms with Gasteiger partial charge in [0.2, 0.25) is 5.91 Å². The van der Waals surface area contributed by atoms with Crippen LogP contribution in [0.1, 0.15) is 31.6 Å².